The normalized spacial score (nSPS) is 7.67. The summed E-state index contributed by atoms with van der Waals surface area (Å²) in [5.74, 6) is 0.0394. The summed E-state index contributed by atoms with van der Waals surface area (Å²) < 4.78 is 0. The van der Waals surface area contributed by atoms with Gasteiger partial charge in [-0.25, -0.2) is 0 Å². The van der Waals surface area contributed by atoms with Gasteiger partial charge in [-0.2, -0.15) is 0 Å². The maximum atomic E-state index is 9.93. The molecule has 2 heteroatoms. The lowest BCUT2D eigenvalue weighted by molar-refractivity contribution is -0.118. The highest BCUT2D eigenvalue weighted by Gasteiger charge is 1.78. The molecule has 0 bridgehead atoms. The van der Waals surface area contributed by atoms with Crippen molar-refractivity contribution < 1.29 is 7.65 Å². The highest BCUT2D eigenvalue weighted by molar-refractivity contribution is 5.72. The predicted octanol–water partition coefficient (Wildman–Crippen LogP) is 0.634. The summed E-state index contributed by atoms with van der Waals surface area (Å²) in [6.45, 7) is 4.13. The molecule has 0 aromatic rings. The standard InChI is InChI=1S/C4H9NO.2H2/c1-3-5-4(2)6;;/h3H2,1-2H3,(H,5,6);2*1H. The summed E-state index contributed by atoms with van der Waals surface area (Å²) in [5, 5.41) is 2.57. The first-order chi connectivity index (χ1) is 2.77. The molecule has 0 radical (unpaired) electrons. The van der Waals surface area contributed by atoms with E-state index in [4.69, 9.17) is 0 Å². The summed E-state index contributed by atoms with van der Waals surface area (Å²) in [6.07, 6.45) is 0. The Balaban J connectivity index is -0.000000125. The predicted molar refractivity (Wildman–Crippen MR) is 28.6 cm³/mol. The number of hydrogen-bond acceptors (Lipinski definition) is 1. The lowest BCUT2D eigenvalue weighted by Crippen LogP contribution is -2.18. The molecule has 0 fully saturated rings. The first-order valence-electron chi connectivity index (χ1n) is 2.01. The molecule has 0 aromatic heterocycles. The van der Waals surface area contributed by atoms with Gasteiger partial charge in [0.1, 0.15) is 0 Å². The topological polar surface area (TPSA) is 29.1 Å². The molecule has 0 aliphatic rings. The molecule has 6 heavy (non-hydrogen) atoms. The second-order valence-corrected chi connectivity index (χ2v) is 1.09. The van der Waals surface area contributed by atoms with Crippen LogP contribution in [0.1, 0.15) is 16.7 Å². The van der Waals surface area contributed by atoms with Gasteiger partial charge in [-0.3, -0.25) is 4.79 Å². The zero-order chi connectivity index (χ0) is 4.99. The number of hydrogen-bond donors (Lipinski definition) is 1. The number of carbonyl (C=O) groups excluding carboxylic acids is 1. The lowest BCUT2D eigenvalue weighted by atomic mass is 10.6. The Labute approximate surface area is 40.5 Å². The minimum Gasteiger partial charge on any atom is -0.357 e. The van der Waals surface area contributed by atoms with Crippen molar-refractivity contribution in [3.8, 4) is 0 Å². The van der Waals surface area contributed by atoms with Crippen LogP contribution >= 0.6 is 0 Å². The zero-order valence-corrected chi connectivity index (χ0v) is 4.12. The van der Waals surface area contributed by atoms with Crippen molar-refractivity contribution >= 4 is 5.91 Å². The quantitative estimate of drug-likeness (QED) is 0.504. The van der Waals surface area contributed by atoms with Gasteiger partial charge in [-0.05, 0) is 6.92 Å². The molecule has 0 heterocycles. The van der Waals surface area contributed by atoms with Crippen LogP contribution in [0.25, 0.3) is 0 Å². The van der Waals surface area contributed by atoms with Gasteiger partial charge in [0.25, 0.3) is 0 Å². The molecule has 1 N–H and O–H groups in total. The number of nitrogens with one attached hydrogen (secondary N) is 1. The molecular formula is C4H13NO. The van der Waals surface area contributed by atoms with Crippen LogP contribution in [0.5, 0.6) is 0 Å². The summed E-state index contributed by atoms with van der Waals surface area (Å²) >= 11 is 0. The van der Waals surface area contributed by atoms with Crippen molar-refractivity contribution in [3.63, 3.8) is 0 Å². The minimum absolute atomic E-state index is 0. The molecule has 1 amide bonds. The van der Waals surface area contributed by atoms with Crippen LogP contribution in [0.2, 0.25) is 0 Å². The average Bonchev–Trinajstić information content (AvgIpc) is 1.35. The van der Waals surface area contributed by atoms with Gasteiger partial charge in [0, 0.05) is 16.3 Å². The van der Waals surface area contributed by atoms with Crippen LogP contribution in [0.3, 0.4) is 0 Å². The van der Waals surface area contributed by atoms with Crippen molar-refractivity contribution in [2.24, 2.45) is 0 Å². The molecule has 0 aliphatic carbocycles. The third kappa shape index (κ3) is 3.47. The lowest BCUT2D eigenvalue weighted by Gasteiger charge is -1.88. The Morgan fingerprint density at radius 3 is 2.50 bits per heavy atom. The van der Waals surface area contributed by atoms with Gasteiger partial charge in [0.15, 0.2) is 0 Å². The smallest absolute Gasteiger partial charge is 0.216 e. The van der Waals surface area contributed by atoms with Gasteiger partial charge in [-0.15, -0.1) is 0 Å². The van der Waals surface area contributed by atoms with Crippen LogP contribution in [0.4, 0.5) is 0 Å². The van der Waals surface area contributed by atoms with E-state index in [1.807, 2.05) is 6.92 Å². The summed E-state index contributed by atoms with van der Waals surface area (Å²) in [7, 11) is 0. The molecule has 0 atom stereocenters. The molecule has 2 nitrogen and oxygen atoms in total. The second kappa shape index (κ2) is 2.69. The average molecular weight is 91.2 g/mol. The van der Waals surface area contributed by atoms with E-state index in [2.05, 4.69) is 5.32 Å². The van der Waals surface area contributed by atoms with E-state index in [9.17, 15) is 4.79 Å². The van der Waals surface area contributed by atoms with E-state index in [1.54, 1.807) is 0 Å². The summed E-state index contributed by atoms with van der Waals surface area (Å²) in [5.41, 5.74) is 0. The third-order valence-electron chi connectivity index (χ3n) is 0.426. The highest BCUT2D eigenvalue weighted by Crippen LogP contribution is 1.54. The fourth-order valence-electron chi connectivity index (χ4n) is 0.249. The molecular weight excluding hydrogens is 78.0 g/mol. The Kier molecular flexibility index (Phi) is 2.46. The maximum Gasteiger partial charge on any atom is 0.216 e. The van der Waals surface area contributed by atoms with Crippen molar-refractivity contribution in [3.05, 3.63) is 0 Å². The van der Waals surface area contributed by atoms with Gasteiger partial charge < -0.3 is 5.32 Å². The van der Waals surface area contributed by atoms with Gasteiger partial charge in [0.2, 0.25) is 5.91 Å². The van der Waals surface area contributed by atoms with E-state index in [0.29, 0.717) is 0 Å². The van der Waals surface area contributed by atoms with Gasteiger partial charge in [-0.1, -0.05) is 0 Å². The molecule has 40 valence electrons. The zero-order valence-electron chi connectivity index (χ0n) is 4.12. The van der Waals surface area contributed by atoms with E-state index < -0.39 is 0 Å². The second-order valence-electron chi connectivity index (χ2n) is 1.09. The maximum absolute atomic E-state index is 9.93. The van der Waals surface area contributed by atoms with Crippen molar-refractivity contribution in [2.75, 3.05) is 6.54 Å². The fraction of sp³-hybridized carbons (Fsp3) is 0.750. The van der Waals surface area contributed by atoms with E-state index >= 15 is 0 Å². The van der Waals surface area contributed by atoms with E-state index in [1.165, 1.54) is 6.92 Å². The summed E-state index contributed by atoms with van der Waals surface area (Å²) in [6, 6.07) is 0. The fourth-order valence-corrected chi connectivity index (χ4v) is 0.249. The SMILES string of the molecule is CCNC(C)=O.[HH].[HH]. The van der Waals surface area contributed by atoms with Crippen LogP contribution in [-0.2, 0) is 4.79 Å². The Morgan fingerprint density at radius 2 is 2.50 bits per heavy atom. The van der Waals surface area contributed by atoms with E-state index in [0.717, 1.165) is 6.54 Å². The molecule has 0 rings (SSSR count). The first kappa shape index (κ1) is 5.47. The molecule has 0 saturated carbocycles. The largest absolute Gasteiger partial charge is 0.357 e. The molecule has 0 aliphatic heterocycles. The van der Waals surface area contributed by atoms with E-state index in [-0.39, 0.29) is 8.76 Å². The molecule has 0 unspecified atom stereocenters. The first-order valence-corrected chi connectivity index (χ1v) is 2.01. The van der Waals surface area contributed by atoms with Gasteiger partial charge >= 0.3 is 0 Å². The van der Waals surface area contributed by atoms with Crippen molar-refractivity contribution in [1.82, 2.24) is 5.32 Å². The Hall–Kier alpha value is -0.530. The van der Waals surface area contributed by atoms with Crippen molar-refractivity contribution in [2.45, 2.75) is 13.8 Å². The van der Waals surface area contributed by atoms with Crippen LogP contribution in [-0.4, -0.2) is 12.5 Å². The monoisotopic (exact) mass is 91.1 g/mol. The number of carbonyl (C=O) groups is 1. The molecule has 0 aromatic carbocycles. The minimum atomic E-state index is 0. The highest BCUT2D eigenvalue weighted by atomic mass is 16.1. The molecule has 0 saturated heterocycles. The van der Waals surface area contributed by atoms with Gasteiger partial charge in [0.05, 0.1) is 0 Å². The number of amides is 1. The van der Waals surface area contributed by atoms with Crippen LogP contribution in [0, 0.1) is 0 Å². The summed E-state index contributed by atoms with van der Waals surface area (Å²) in [4.78, 5) is 9.93. The third-order valence-corrected chi connectivity index (χ3v) is 0.426. The number of rotatable bonds is 1. The van der Waals surface area contributed by atoms with Crippen molar-refractivity contribution in [1.29, 1.82) is 0 Å². The Morgan fingerprint density at radius 1 is 2.00 bits per heavy atom. The van der Waals surface area contributed by atoms with Crippen LogP contribution in [0.15, 0.2) is 0 Å². The van der Waals surface area contributed by atoms with Crippen LogP contribution < -0.4 is 5.32 Å². The molecule has 0 spiro atoms. The Bertz CT molecular complexity index is 58.0.